The number of pyridine rings is 1. The zero-order chi connectivity index (χ0) is 26.6. The fourth-order valence-electron chi connectivity index (χ4n) is 6.51. The Hall–Kier alpha value is -2.46. The number of aromatic nitrogens is 2. The first-order valence-corrected chi connectivity index (χ1v) is 15.5. The van der Waals surface area contributed by atoms with Crippen LogP contribution < -0.4 is 14.5 Å². The van der Waals surface area contributed by atoms with Gasteiger partial charge in [-0.15, -0.1) is 11.3 Å². The maximum absolute atomic E-state index is 5.95. The summed E-state index contributed by atoms with van der Waals surface area (Å²) >= 11 is 1.80. The van der Waals surface area contributed by atoms with Gasteiger partial charge >= 0.3 is 0 Å². The molecular weight excluding hydrogens is 508 g/mol. The average molecular weight is 551 g/mol. The minimum absolute atomic E-state index is 0.339. The minimum atomic E-state index is 0.339. The second kappa shape index (κ2) is 12.4. The van der Waals surface area contributed by atoms with E-state index in [1.54, 1.807) is 18.4 Å². The van der Waals surface area contributed by atoms with Crippen LogP contribution in [-0.4, -0.2) is 99.0 Å². The third-order valence-electron chi connectivity index (χ3n) is 8.55. The Morgan fingerprint density at radius 1 is 1.00 bits per heavy atom. The molecule has 2 aromatic heterocycles. The van der Waals surface area contributed by atoms with Gasteiger partial charge in [-0.05, 0) is 63.4 Å². The second-order valence-corrected chi connectivity index (χ2v) is 11.9. The summed E-state index contributed by atoms with van der Waals surface area (Å²) in [5, 5.41) is 4.65. The summed E-state index contributed by atoms with van der Waals surface area (Å²) in [6, 6.07) is 6.71. The lowest BCUT2D eigenvalue weighted by Crippen LogP contribution is -2.37. The van der Waals surface area contributed by atoms with Gasteiger partial charge in [0.1, 0.15) is 11.4 Å². The molecule has 1 atom stereocenters. The largest absolute Gasteiger partial charge is 0.494 e. The monoisotopic (exact) mass is 550 g/mol. The van der Waals surface area contributed by atoms with Crippen molar-refractivity contribution in [2.75, 3.05) is 89.0 Å². The van der Waals surface area contributed by atoms with Crippen molar-refractivity contribution >= 4 is 33.1 Å². The summed E-state index contributed by atoms with van der Waals surface area (Å²) in [5.41, 5.74) is 4.59. The lowest BCUT2D eigenvalue weighted by Gasteiger charge is -2.32. The number of hydrogen-bond acceptors (Lipinski definition) is 9. The molecule has 0 spiro atoms. The van der Waals surface area contributed by atoms with E-state index in [0.29, 0.717) is 6.04 Å². The first-order valence-electron chi connectivity index (χ1n) is 14.6. The van der Waals surface area contributed by atoms with Crippen molar-refractivity contribution in [3.05, 3.63) is 41.0 Å². The summed E-state index contributed by atoms with van der Waals surface area (Å²) in [5.74, 6) is 0.954. The fourth-order valence-corrected chi connectivity index (χ4v) is 7.43. The van der Waals surface area contributed by atoms with E-state index in [2.05, 4.69) is 44.0 Å². The average Bonchev–Trinajstić information content (AvgIpc) is 3.62. The molecule has 3 saturated heterocycles. The summed E-state index contributed by atoms with van der Waals surface area (Å²) in [7, 11) is 1.79. The molecule has 3 aromatic rings. The van der Waals surface area contributed by atoms with Gasteiger partial charge in [-0.25, -0.2) is 4.98 Å². The molecule has 0 saturated carbocycles. The molecule has 9 heteroatoms. The topological polar surface area (TPSA) is 57.2 Å². The molecule has 0 amide bonds. The summed E-state index contributed by atoms with van der Waals surface area (Å²) in [6.45, 7) is 13.2. The van der Waals surface area contributed by atoms with Crippen molar-refractivity contribution in [1.82, 2.24) is 19.8 Å². The van der Waals surface area contributed by atoms with Crippen molar-refractivity contribution in [1.29, 1.82) is 0 Å². The van der Waals surface area contributed by atoms with Gasteiger partial charge in [-0.3, -0.25) is 9.88 Å². The number of fused-ring (bicyclic) bond motifs is 1. The van der Waals surface area contributed by atoms with Gasteiger partial charge < -0.3 is 24.2 Å². The van der Waals surface area contributed by atoms with Crippen LogP contribution in [0.3, 0.4) is 0 Å². The molecule has 0 radical (unpaired) electrons. The number of morpholine rings is 1. The number of benzene rings is 1. The molecular formula is C30H42N6O2S. The number of aryl methyl sites for hydroxylation is 1. The number of methoxy groups -OCH3 is 1. The maximum atomic E-state index is 5.95. The van der Waals surface area contributed by atoms with Gasteiger partial charge in [0.2, 0.25) is 0 Å². The Morgan fingerprint density at radius 2 is 1.85 bits per heavy atom. The normalized spacial score (nSPS) is 20.5. The molecule has 0 aliphatic carbocycles. The summed E-state index contributed by atoms with van der Waals surface area (Å²) in [6.07, 6.45) is 6.80. The van der Waals surface area contributed by atoms with Crippen molar-refractivity contribution < 1.29 is 9.47 Å². The van der Waals surface area contributed by atoms with Crippen molar-refractivity contribution in [2.24, 2.45) is 0 Å². The Bertz CT molecular complexity index is 1240. The number of ether oxygens (including phenoxy) is 2. The zero-order valence-corrected chi connectivity index (χ0v) is 24.3. The Morgan fingerprint density at radius 3 is 2.67 bits per heavy atom. The molecule has 3 aliphatic rings. The van der Waals surface area contributed by atoms with Gasteiger partial charge in [0.15, 0.2) is 5.13 Å². The fraction of sp³-hybridized carbons (Fsp3) is 0.600. The number of anilines is 2. The smallest absolute Gasteiger partial charge is 0.185 e. The van der Waals surface area contributed by atoms with Gasteiger partial charge in [0, 0.05) is 62.8 Å². The van der Waals surface area contributed by atoms with Crippen LogP contribution >= 0.6 is 11.3 Å². The van der Waals surface area contributed by atoms with Crippen molar-refractivity contribution in [3.8, 4) is 5.75 Å². The van der Waals surface area contributed by atoms with E-state index in [-0.39, 0.29) is 0 Å². The van der Waals surface area contributed by atoms with E-state index in [1.807, 2.05) is 12.3 Å². The Kier molecular flexibility index (Phi) is 8.49. The Balaban J connectivity index is 1.24. The molecule has 8 nitrogen and oxygen atoms in total. The molecule has 0 N–H and O–H groups in total. The van der Waals surface area contributed by atoms with E-state index in [1.165, 1.54) is 37.0 Å². The zero-order valence-electron chi connectivity index (χ0n) is 23.5. The summed E-state index contributed by atoms with van der Waals surface area (Å²) in [4.78, 5) is 20.3. The predicted octanol–water partition coefficient (Wildman–Crippen LogP) is 4.58. The first-order chi connectivity index (χ1) is 19.2. The van der Waals surface area contributed by atoms with Crippen LogP contribution in [0.25, 0.3) is 10.9 Å². The summed E-state index contributed by atoms with van der Waals surface area (Å²) < 4.78 is 11.5. The van der Waals surface area contributed by atoms with E-state index in [0.717, 1.165) is 99.5 Å². The van der Waals surface area contributed by atoms with Gasteiger partial charge in [0.05, 0.1) is 37.6 Å². The molecule has 3 fully saturated rings. The Labute approximate surface area is 236 Å². The number of thiazole rings is 1. The molecule has 1 unspecified atom stereocenters. The van der Waals surface area contributed by atoms with E-state index < -0.39 is 0 Å². The molecule has 5 heterocycles. The molecule has 0 bridgehead atoms. The lowest BCUT2D eigenvalue weighted by atomic mass is 10.1. The van der Waals surface area contributed by atoms with Crippen LogP contribution in [0.15, 0.2) is 29.8 Å². The highest BCUT2D eigenvalue weighted by molar-refractivity contribution is 7.13. The lowest BCUT2D eigenvalue weighted by molar-refractivity contribution is 0.122. The predicted molar refractivity (Wildman–Crippen MR) is 160 cm³/mol. The van der Waals surface area contributed by atoms with Crippen LogP contribution in [0.5, 0.6) is 5.75 Å². The molecule has 39 heavy (non-hydrogen) atoms. The molecule has 1 aromatic carbocycles. The van der Waals surface area contributed by atoms with E-state index in [9.17, 15) is 0 Å². The van der Waals surface area contributed by atoms with Crippen molar-refractivity contribution in [3.63, 3.8) is 0 Å². The van der Waals surface area contributed by atoms with Crippen LogP contribution in [0.4, 0.5) is 10.8 Å². The van der Waals surface area contributed by atoms with Crippen LogP contribution in [0, 0.1) is 6.92 Å². The highest BCUT2D eigenvalue weighted by Gasteiger charge is 2.29. The van der Waals surface area contributed by atoms with Crippen LogP contribution in [0.2, 0.25) is 0 Å². The number of rotatable bonds is 8. The third-order valence-corrected chi connectivity index (χ3v) is 9.47. The van der Waals surface area contributed by atoms with Crippen LogP contribution in [0.1, 0.15) is 43.0 Å². The van der Waals surface area contributed by atoms with Gasteiger partial charge in [-0.1, -0.05) is 6.07 Å². The van der Waals surface area contributed by atoms with E-state index in [4.69, 9.17) is 19.4 Å². The third kappa shape index (κ3) is 5.87. The SMILES string of the molecule is COc1c(C)cc2cccnc2c1N1CCCN(C(CCN2CCCC2)c2csc(N3CCOCC3)n2)CC1. The highest BCUT2D eigenvalue weighted by atomic mass is 32.1. The number of nitrogens with zero attached hydrogens (tertiary/aromatic N) is 6. The number of hydrogen-bond donors (Lipinski definition) is 0. The highest BCUT2D eigenvalue weighted by Crippen LogP contribution is 2.39. The van der Waals surface area contributed by atoms with Crippen molar-refractivity contribution in [2.45, 2.75) is 38.6 Å². The quantitative estimate of drug-likeness (QED) is 0.404. The standard InChI is InChI=1S/C30H42N6O2S/c1-23-21-24-7-5-9-31-27(24)28(29(23)37-2)35-13-6-12-34(15-16-35)26(8-14-33-10-3-4-11-33)25-22-39-30(32-25)36-17-19-38-20-18-36/h5,7,9,21-22,26H,3-4,6,8,10-20H2,1-2H3. The van der Waals surface area contributed by atoms with Crippen LogP contribution in [-0.2, 0) is 4.74 Å². The second-order valence-electron chi connectivity index (χ2n) is 11.0. The first kappa shape index (κ1) is 26.7. The van der Waals surface area contributed by atoms with E-state index >= 15 is 0 Å². The minimum Gasteiger partial charge on any atom is -0.494 e. The van der Waals surface area contributed by atoms with Gasteiger partial charge in [0.25, 0.3) is 0 Å². The molecule has 210 valence electrons. The van der Waals surface area contributed by atoms with Gasteiger partial charge in [-0.2, -0.15) is 0 Å². The molecule has 6 rings (SSSR count). The molecule has 3 aliphatic heterocycles. The maximum Gasteiger partial charge on any atom is 0.185 e. The number of likely N-dealkylation sites (tertiary alicyclic amines) is 1.